The van der Waals surface area contributed by atoms with Crippen molar-refractivity contribution in [3.63, 3.8) is 0 Å². The van der Waals surface area contributed by atoms with E-state index in [9.17, 15) is 14.4 Å². The summed E-state index contributed by atoms with van der Waals surface area (Å²) in [5.41, 5.74) is 3.71. The van der Waals surface area contributed by atoms with E-state index in [4.69, 9.17) is 0 Å². The lowest BCUT2D eigenvalue weighted by Gasteiger charge is -2.40. The van der Waals surface area contributed by atoms with E-state index in [1.54, 1.807) is 0 Å². The van der Waals surface area contributed by atoms with Crippen molar-refractivity contribution in [3.8, 4) is 0 Å². The third-order valence-corrected chi connectivity index (χ3v) is 7.33. The van der Waals surface area contributed by atoms with Crippen molar-refractivity contribution in [3.05, 3.63) is 54.1 Å². The molecule has 0 aromatic heterocycles. The number of urea groups is 1. The first-order valence-electron chi connectivity index (χ1n) is 13.6. The van der Waals surface area contributed by atoms with E-state index < -0.39 is 0 Å². The Hall–Kier alpha value is -3.55. The largest absolute Gasteiger partial charge is 0.378 e. The van der Waals surface area contributed by atoms with Gasteiger partial charge in [0, 0.05) is 48.5 Å². The minimum absolute atomic E-state index is 0.0815. The molecule has 2 atom stereocenters. The van der Waals surface area contributed by atoms with Crippen LogP contribution in [0.5, 0.6) is 0 Å². The van der Waals surface area contributed by atoms with Crippen LogP contribution < -0.4 is 26.2 Å². The van der Waals surface area contributed by atoms with E-state index in [2.05, 4.69) is 34.3 Å². The highest BCUT2D eigenvalue weighted by atomic mass is 16.2. The Bertz CT molecular complexity index is 1080. The van der Waals surface area contributed by atoms with Gasteiger partial charge >= 0.3 is 6.03 Å². The molecule has 0 spiro atoms. The van der Waals surface area contributed by atoms with E-state index in [1.807, 2.05) is 54.3 Å². The quantitative estimate of drug-likeness (QED) is 0.371. The van der Waals surface area contributed by atoms with E-state index >= 15 is 0 Å². The molecule has 4 rings (SSSR count). The van der Waals surface area contributed by atoms with Gasteiger partial charge < -0.3 is 26.2 Å². The number of nitrogens with zero attached hydrogens (tertiary/aromatic N) is 1. The third kappa shape index (κ3) is 6.81. The van der Waals surface area contributed by atoms with Crippen molar-refractivity contribution in [2.75, 3.05) is 28.6 Å². The van der Waals surface area contributed by atoms with Gasteiger partial charge in [-0.1, -0.05) is 44.4 Å². The highest BCUT2D eigenvalue weighted by Crippen LogP contribution is 2.39. The molecule has 2 aliphatic rings. The lowest BCUT2D eigenvalue weighted by Crippen LogP contribution is -2.44. The number of benzene rings is 2. The fraction of sp³-hybridized carbons (Fsp3) is 0.483. The summed E-state index contributed by atoms with van der Waals surface area (Å²) in [4.78, 5) is 38.9. The molecule has 37 heavy (non-hydrogen) atoms. The number of hydrogen-bond acceptors (Lipinski definition) is 4. The molecule has 0 saturated heterocycles. The first kappa shape index (κ1) is 26.5. The summed E-state index contributed by atoms with van der Waals surface area (Å²) < 4.78 is 0. The number of fused-ring (bicyclic) bond motifs is 1. The van der Waals surface area contributed by atoms with Crippen LogP contribution in [0.4, 0.5) is 21.9 Å². The van der Waals surface area contributed by atoms with Crippen molar-refractivity contribution in [2.24, 2.45) is 5.92 Å². The van der Waals surface area contributed by atoms with Crippen LogP contribution in [0.15, 0.2) is 48.5 Å². The number of carbonyl (C=O) groups excluding carboxylic acids is 3. The Kier molecular flexibility index (Phi) is 9.04. The second kappa shape index (κ2) is 12.6. The lowest BCUT2D eigenvalue weighted by molar-refractivity contribution is -0.125. The molecule has 198 valence electrons. The number of rotatable bonds is 8. The molecule has 1 aliphatic carbocycles. The van der Waals surface area contributed by atoms with Crippen LogP contribution in [0.1, 0.15) is 70.4 Å². The average Bonchev–Trinajstić information content (AvgIpc) is 2.92. The predicted octanol–water partition coefficient (Wildman–Crippen LogP) is 5.19. The van der Waals surface area contributed by atoms with Crippen molar-refractivity contribution in [2.45, 2.75) is 70.9 Å². The topological polar surface area (TPSA) is 103 Å². The van der Waals surface area contributed by atoms with Crippen LogP contribution in [-0.4, -0.2) is 37.0 Å². The smallest absolute Gasteiger partial charge is 0.319 e. The second-order valence-corrected chi connectivity index (χ2v) is 10.0. The molecule has 2 aromatic carbocycles. The van der Waals surface area contributed by atoms with Gasteiger partial charge in [-0.25, -0.2) is 4.79 Å². The number of anilines is 3. The molecule has 1 saturated carbocycles. The first-order valence-corrected chi connectivity index (χ1v) is 13.6. The number of carbonyl (C=O) groups is 3. The third-order valence-electron chi connectivity index (χ3n) is 7.33. The minimum atomic E-state index is -0.302. The Balaban J connectivity index is 1.26. The van der Waals surface area contributed by atoms with Crippen molar-refractivity contribution >= 4 is 34.9 Å². The van der Waals surface area contributed by atoms with Gasteiger partial charge in [-0.15, -0.1) is 0 Å². The van der Waals surface area contributed by atoms with Gasteiger partial charge in [-0.2, -0.15) is 0 Å². The van der Waals surface area contributed by atoms with Gasteiger partial charge in [0.2, 0.25) is 11.8 Å². The molecule has 0 radical (unpaired) electrons. The van der Waals surface area contributed by atoms with Gasteiger partial charge in [0.25, 0.3) is 0 Å². The zero-order chi connectivity index (χ0) is 26.2. The van der Waals surface area contributed by atoms with Crippen LogP contribution >= 0.6 is 0 Å². The normalized spacial score (nSPS) is 19.5. The Morgan fingerprint density at radius 2 is 1.57 bits per heavy atom. The maximum Gasteiger partial charge on any atom is 0.319 e. The molecule has 0 unspecified atom stereocenters. The second-order valence-electron chi connectivity index (χ2n) is 10.0. The van der Waals surface area contributed by atoms with Gasteiger partial charge in [0.1, 0.15) is 0 Å². The molecule has 2 aromatic rings. The Morgan fingerprint density at radius 1 is 0.892 bits per heavy atom. The summed E-state index contributed by atoms with van der Waals surface area (Å²) in [6.07, 6.45) is 6.69. The highest BCUT2D eigenvalue weighted by Gasteiger charge is 2.32. The number of amides is 4. The molecule has 1 aliphatic heterocycles. The summed E-state index contributed by atoms with van der Waals surface area (Å²) in [6.45, 7) is 4.79. The monoisotopic (exact) mass is 505 g/mol. The summed E-state index contributed by atoms with van der Waals surface area (Å²) >= 11 is 0. The molecule has 8 nitrogen and oxygen atoms in total. The Labute approximate surface area is 219 Å². The molecular formula is C29H39N5O3. The molecule has 1 heterocycles. The van der Waals surface area contributed by atoms with Gasteiger partial charge in [0.05, 0.1) is 6.04 Å². The van der Waals surface area contributed by atoms with E-state index in [0.29, 0.717) is 25.2 Å². The fourth-order valence-electron chi connectivity index (χ4n) is 5.40. The molecular weight excluding hydrogens is 466 g/mol. The van der Waals surface area contributed by atoms with E-state index in [1.165, 1.54) is 6.42 Å². The number of nitrogens with one attached hydrogen (secondary N) is 4. The minimum Gasteiger partial charge on any atom is -0.378 e. The summed E-state index contributed by atoms with van der Waals surface area (Å²) in [6, 6.07) is 15.5. The van der Waals surface area contributed by atoms with Crippen LogP contribution in [0.2, 0.25) is 0 Å². The summed E-state index contributed by atoms with van der Waals surface area (Å²) in [7, 11) is 0. The van der Waals surface area contributed by atoms with Gasteiger partial charge in [-0.05, 0) is 62.1 Å². The lowest BCUT2D eigenvalue weighted by atomic mass is 9.89. The van der Waals surface area contributed by atoms with E-state index in [-0.39, 0.29) is 35.8 Å². The molecule has 4 N–H and O–H groups in total. The number of hydrogen-bond donors (Lipinski definition) is 4. The van der Waals surface area contributed by atoms with Crippen LogP contribution in [-0.2, 0) is 9.59 Å². The SMILES string of the molecule is CCC(=O)N1c2ccccc2[C@H](Nc2ccc(NC(=O)NCCNC(=O)C3CCCCC3)cc2)C[C@@H]1C. The highest BCUT2D eigenvalue weighted by molar-refractivity contribution is 5.95. The molecule has 0 bridgehead atoms. The van der Waals surface area contributed by atoms with Gasteiger partial charge in [0.15, 0.2) is 0 Å². The standard InChI is InChI=1S/C29H39N5O3/c1-3-27(35)34-20(2)19-25(24-11-7-8-12-26(24)34)32-22-13-15-23(16-14-22)33-29(37)31-18-17-30-28(36)21-9-5-4-6-10-21/h7-8,11-16,20-21,25,32H,3-6,9-10,17-19H2,1-2H3,(H,30,36)(H2,31,33,37)/t20-,25+/m0/s1. The summed E-state index contributed by atoms with van der Waals surface area (Å²) in [5, 5.41) is 12.2. The zero-order valence-corrected chi connectivity index (χ0v) is 21.9. The number of para-hydroxylation sites is 1. The molecule has 8 heteroatoms. The maximum atomic E-state index is 12.6. The molecule has 1 fully saturated rings. The zero-order valence-electron chi connectivity index (χ0n) is 21.9. The van der Waals surface area contributed by atoms with E-state index in [0.717, 1.165) is 49.0 Å². The Morgan fingerprint density at radius 3 is 2.30 bits per heavy atom. The average molecular weight is 506 g/mol. The van der Waals surface area contributed by atoms with Crippen molar-refractivity contribution in [1.82, 2.24) is 10.6 Å². The van der Waals surface area contributed by atoms with Crippen molar-refractivity contribution < 1.29 is 14.4 Å². The fourth-order valence-corrected chi connectivity index (χ4v) is 5.40. The molecule has 4 amide bonds. The van der Waals surface area contributed by atoms with Gasteiger partial charge in [-0.3, -0.25) is 9.59 Å². The van der Waals surface area contributed by atoms with Crippen LogP contribution in [0.3, 0.4) is 0 Å². The summed E-state index contributed by atoms with van der Waals surface area (Å²) in [5.74, 6) is 0.362. The van der Waals surface area contributed by atoms with Crippen LogP contribution in [0.25, 0.3) is 0 Å². The predicted molar refractivity (Wildman–Crippen MR) is 148 cm³/mol. The first-order chi connectivity index (χ1) is 18.0. The van der Waals surface area contributed by atoms with Crippen molar-refractivity contribution in [1.29, 1.82) is 0 Å². The van der Waals surface area contributed by atoms with Crippen LogP contribution in [0, 0.1) is 5.92 Å². The maximum absolute atomic E-state index is 12.6.